The van der Waals surface area contributed by atoms with Crippen LogP contribution in [0.4, 0.5) is 4.39 Å². The topological polar surface area (TPSA) is 39.1 Å². The predicted molar refractivity (Wildman–Crippen MR) is 97.2 cm³/mol. The molecule has 4 atom stereocenters. The van der Waals surface area contributed by atoms with Crippen molar-refractivity contribution in [2.45, 2.75) is 56.2 Å². The number of nitrogens with one attached hydrogen (secondary N) is 1. The Morgan fingerprint density at radius 3 is 3.04 bits per heavy atom. The van der Waals surface area contributed by atoms with Gasteiger partial charge in [-0.1, -0.05) is 12.1 Å². The van der Waals surface area contributed by atoms with Gasteiger partial charge < -0.3 is 10.2 Å². The number of fused-ring (bicyclic) bond motifs is 1. The number of hydrogen-bond acceptors (Lipinski definition) is 3. The summed E-state index contributed by atoms with van der Waals surface area (Å²) >= 11 is 0. The molecule has 1 N–H and O–H groups in total. The number of nitrogens with zero attached hydrogens (tertiary/aromatic N) is 2. The van der Waals surface area contributed by atoms with Crippen LogP contribution in [-0.4, -0.2) is 43.3 Å². The SMILES string of the molecule is N#Cc1cccc([C@]23CC[C@@H](NCCCN4CC[C@@H](F)C4)CC2C3)c1. The number of rotatable bonds is 6. The number of halogens is 1. The Morgan fingerprint density at radius 2 is 2.28 bits per heavy atom. The molecule has 1 aliphatic heterocycles. The van der Waals surface area contributed by atoms with Gasteiger partial charge in [-0.05, 0) is 80.6 Å². The van der Waals surface area contributed by atoms with Crippen LogP contribution in [0.15, 0.2) is 24.3 Å². The highest BCUT2D eigenvalue weighted by molar-refractivity contribution is 5.41. The van der Waals surface area contributed by atoms with E-state index in [-0.39, 0.29) is 0 Å². The molecule has 25 heavy (non-hydrogen) atoms. The van der Waals surface area contributed by atoms with Gasteiger partial charge in [0.15, 0.2) is 0 Å². The number of alkyl halides is 1. The monoisotopic (exact) mass is 341 g/mol. The quantitative estimate of drug-likeness (QED) is 0.806. The van der Waals surface area contributed by atoms with Crippen molar-refractivity contribution in [2.75, 3.05) is 26.2 Å². The summed E-state index contributed by atoms with van der Waals surface area (Å²) in [5.41, 5.74) is 2.52. The largest absolute Gasteiger partial charge is 0.314 e. The van der Waals surface area contributed by atoms with Crippen molar-refractivity contribution in [1.82, 2.24) is 10.2 Å². The summed E-state index contributed by atoms with van der Waals surface area (Å²) in [6.45, 7) is 3.63. The minimum absolute atomic E-state index is 0.358. The molecule has 0 amide bonds. The van der Waals surface area contributed by atoms with Crippen LogP contribution >= 0.6 is 0 Å². The molecule has 3 fully saturated rings. The van der Waals surface area contributed by atoms with E-state index in [1.165, 1.54) is 31.2 Å². The summed E-state index contributed by atoms with van der Waals surface area (Å²) in [4.78, 5) is 2.25. The summed E-state index contributed by atoms with van der Waals surface area (Å²) < 4.78 is 13.2. The van der Waals surface area contributed by atoms with E-state index < -0.39 is 6.17 Å². The standard InChI is InChI=1S/C21H28FN3/c22-19-6-10-25(15-19)9-2-8-24-20-5-7-21(13-18(21)12-20)17-4-1-3-16(11-17)14-23/h1,3-4,11,18-20,24H,2,5-10,12-13,15H2/t18?,19-,20-,21-/m1/s1. The van der Waals surface area contributed by atoms with E-state index in [9.17, 15) is 4.39 Å². The minimum atomic E-state index is -0.603. The first-order valence-electron chi connectivity index (χ1n) is 9.80. The maximum Gasteiger partial charge on any atom is 0.114 e. The van der Waals surface area contributed by atoms with Crippen LogP contribution in [0, 0.1) is 17.2 Å². The fraction of sp³-hybridized carbons (Fsp3) is 0.667. The van der Waals surface area contributed by atoms with Gasteiger partial charge in [-0.25, -0.2) is 4.39 Å². The van der Waals surface area contributed by atoms with Gasteiger partial charge in [0.05, 0.1) is 11.6 Å². The predicted octanol–water partition coefficient (Wildman–Crippen LogP) is 3.39. The summed E-state index contributed by atoms with van der Waals surface area (Å²) in [5.74, 6) is 0.776. The first-order valence-corrected chi connectivity index (χ1v) is 9.80. The molecule has 0 aromatic heterocycles. The van der Waals surface area contributed by atoms with E-state index in [0.717, 1.165) is 37.5 Å². The Bertz CT molecular complexity index is 655. The van der Waals surface area contributed by atoms with Gasteiger partial charge in [-0.3, -0.25) is 0 Å². The lowest BCUT2D eigenvalue weighted by Gasteiger charge is -2.29. The Morgan fingerprint density at radius 1 is 1.36 bits per heavy atom. The Balaban J connectivity index is 1.22. The third-order valence-electron chi connectivity index (χ3n) is 6.61. The molecule has 1 heterocycles. The van der Waals surface area contributed by atoms with Crippen LogP contribution in [0.2, 0.25) is 0 Å². The van der Waals surface area contributed by atoms with Crippen molar-refractivity contribution in [3.05, 3.63) is 35.4 Å². The van der Waals surface area contributed by atoms with Gasteiger partial charge in [0.1, 0.15) is 6.17 Å². The zero-order chi connectivity index (χ0) is 17.3. The summed E-state index contributed by atoms with van der Waals surface area (Å²) in [7, 11) is 0. The highest BCUT2D eigenvalue weighted by atomic mass is 19.1. The minimum Gasteiger partial charge on any atom is -0.314 e. The van der Waals surface area contributed by atoms with Gasteiger partial charge in [0.25, 0.3) is 0 Å². The maximum absolute atomic E-state index is 13.2. The molecule has 3 aliphatic rings. The van der Waals surface area contributed by atoms with Gasteiger partial charge in [-0.15, -0.1) is 0 Å². The molecule has 4 rings (SSSR count). The first-order chi connectivity index (χ1) is 12.2. The summed E-state index contributed by atoms with van der Waals surface area (Å²) in [6, 6.07) is 11.1. The summed E-state index contributed by atoms with van der Waals surface area (Å²) in [5, 5.41) is 12.9. The van der Waals surface area contributed by atoms with E-state index in [1.807, 2.05) is 12.1 Å². The molecule has 3 nitrogen and oxygen atoms in total. The molecule has 0 bridgehead atoms. The molecule has 134 valence electrons. The molecule has 1 unspecified atom stereocenters. The average Bonchev–Trinajstić information content (AvgIpc) is 3.24. The number of hydrogen-bond donors (Lipinski definition) is 1. The first kappa shape index (κ1) is 17.0. The van der Waals surface area contributed by atoms with Crippen molar-refractivity contribution in [2.24, 2.45) is 5.92 Å². The van der Waals surface area contributed by atoms with E-state index in [2.05, 4.69) is 28.4 Å². The molecule has 0 radical (unpaired) electrons. The fourth-order valence-corrected chi connectivity index (χ4v) is 5.07. The van der Waals surface area contributed by atoms with E-state index in [1.54, 1.807) is 0 Å². The lowest BCUT2D eigenvalue weighted by molar-refractivity contribution is 0.277. The third-order valence-corrected chi connectivity index (χ3v) is 6.61. The Hall–Kier alpha value is -1.44. The second-order valence-corrected chi connectivity index (χ2v) is 8.22. The van der Waals surface area contributed by atoms with Crippen molar-refractivity contribution in [3.8, 4) is 6.07 Å². The van der Waals surface area contributed by atoms with Crippen molar-refractivity contribution in [3.63, 3.8) is 0 Å². The Kier molecular flexibility index (Phi) is 4.80. The van der Waals surface area contributed by atoms with Gasteiger partial charge in [-0.2, -0.15) is 5.26 Å². The smallest absolute Gasteiger partial charge is 0.114 e. The van der Waals surface area contributed by atoms with Crippen LogP contribution in [0.25, 0.3) is 0 Å². The molecule has 1 aromatic carbocycles. The van der Waals surface area contributed by atoms with Gasteiger partial charge >= 0.3 is 0 Å². The highest BCUT2D eigenvalue weighted by Crippen LogP contribution is 2.62. The zero-order valence-corrected chi connectivity index (χ0v) is 14.9. The number of benzene rings is 1. The number of nitriles is 1. The maximum atomic E-state index is 13.2. The van der Waals surface area contributed by atoms with E-state index in [0.29, 0.717) is 24.4 Å². The van der Waals surface area contributed by atoms with Crippen molar-refractivity contribution in [1.29, 1.82) is 5.26 Å². The molecule has 2 saturated carbocycles. The fourth-order valence-electron chi connectivity index (χ4n) is 5.07. The van der Waals surface area contributed by atoms with Gasteiger partial charge in [0, 0.05) is 19.1 Å². The molecule has 0 spiro atoms. The van der Waals surface area contributed by atoms with E-state index in [4.69, 9.17) is 5.26 Å². The molecule has 1 saturated heterocycles. The molecule has 1 aromatic rings. The third kappa shape index (κ3) is 3.59. The second kappa shape index (κ2) is 7.05. The van der Waals surface area contributed by atoms with Crippen LogP contribution in [-0.2, 0) is 5.41 Å². The zero-order valence-electron chi connectivity index (χ0n) is 14.9. The normalized spacial score (nSPS) is 34.5. The Labute approximate surface area is 150 Å². The molecule has 4 heteroatoms. The lowest BCUT2D eigenvalue weighted by Crippen LogP contribution is -2.36. The lowest BCUT2D eigenvalue weighted by atomic mass is 9.80. The average molecular weight is 341 g/mol. The molecule has 2 aliphatic carbocycles. The summed E-state index contributed by atoms with van der Waals surface area (Å²) in [6.07, 6.45) is 6.23. The van der Waals surface area contributed by atoms with Crippen LogP contribution in [0.3, 0.4) is 0 Å². The van der Waals surface area contributed by atoms with Crippen LogP contribution < -0.4 is 5.32 Å². The van der Waals surface area contributed by atoms with Crippen LogP contribution in [0.1, 0.15) is 49.7 Å². The van der Waals surface area contributed by atoms with E-state index >= 15 is 0 Å². The number of likely N-dealkylation sites (tertiary alicyclic amines) is 1. The molecular weight excluding hydrogens is 313 g/mol. The van der Waals surface area contributed by atoms with Crippen LogP contribution in [0.5, 0.6) is 0 Å². The molecular formula is C21H28FN3. The van der Waals surface area contributed by atoms with Crippen molar-refractivity contribution >= 4 is 0 Å². The second-order valence-electron chi connectivity index (χ2n) is 8.22. The van der Waals surface area contributed by atoms with Gasteiger partial charge in [0.2, 0.25) is 0 Å². The highest BCUT2D eigenvalue weighted by Gasteiger charge is 2.57. The van der Waals surface area contributed by atoms with Crippen molar-refractivity contribution < 1.29 is 4.39 Å².